The van der Waals surface area contributed by atoms with Crippen molar-refractivity contribution < 1.29 is 0 Å². The fourth-order valence-corrected chi connectivity index (χ4v) is 8.53. The average Bonchev–Trinajstić information content (AvgIpc) is 2.91. The van der Waals surface area contributed by atoms with Gasteiger partial charge in [-0.15, -0.1) is 0 Å². The second-order valence-corrected chi connectivity index (χ2v) is 11.8. The molecule has 6 aliphatic carbocycles. The summed E-state index contributed by atoms with van der Waals surface area (Å²) in [4.78, 5) is 0. The van der Waals surface area contributed by atoms with Crippen molar-refractivity contribution in [2.24, 2.45) is 23.2 Å². The molecular weight excluding hydrogens is 312 g/mol. The second-order valence-electron chi connectivity index (χ2n) is 11.8. The quantitative estimate of drug-likeness (QED) is 0.524. The number of rotatable bonds is 1. The van der Waals surface area contributed by atoms with E-state index in [0.29, 0.717) is 10.8 Å². The van der Waals surface area contributed by atoms with Gasteiger partial charge in [0.2, 0.25) is 0 Å². The predicted molar refractivity (Wildman–Crippen MR) is 109 cm³/mol. The van der Waals surface area contributed by atoms with Gasteiger partial charge in [-0.25, -0.2) is 0 Å². The molecule has 0 saturated heterocycles. The summed E-state index contributed by atoms with van der Waals surface area (Å²) in [5, 5.41) is 0. The van der Waals surface area contributed by atoms with E-state index < -0.39 is 0 Å². The lowest BCUT2D eigenvalue weighted by Gasteiger charge is -2.74. The molecule has 4 bridgehead atoms. The first-order valence-corrected chi connectivity index (χ1v) is 11.2. The van der Waals surface area contributed by atoms with Gasteiger partial charge in [-0.2, -0.15) is 0 Å². The number of allylic oxidation sites excluding steroid dienone is 1. The lowest BCUT2D eigenvalue weighted by molar-refractivity contribution is -0.195. The maximum atomic E-state index is 2.70. The van der Waals surface area contributed by atoms with Crippen LogP contribution in [0.5, 0.6) is 0 Å². The van der Waals surface area contributed by atoms with E-state index in [2.05, 4.69) is 45.9 Å². The highest BCUT2D eigenvalue weighted by molar-refractivity contribution is 5.68. The zero-order chi connectivity index (χ0) is 17.9. The number of benzene rings is 1. The van der Waals surface area contributed by atoms with Gasteiger partial charge in [0.15, 0.2) is 0 Å². The van der Waals surface area contributed by atoms with Crippen molar-refractivity contribution in [1.82, 2.24) is 0 Å². The van der Waals surface area contributed by atoms with Gasteiger partial charge in [-0.1, -0.05) is 44.6 Å². The van der Waals surface area contributed by atoms with E-state index in [-0.39, 0.29) is 5.41 Å². The summed E-state index contributed by atoms with van der Waals surface area (Å²) in [6.45, 7) is 9.53. The first-order chi connectivity index (χ1) is 12.3. The van der Waals surface area contributed by atoms with E-state index in [1.807, 2.05) is 5.56 Å². The van der Waals surface area contributed by atoms with Gasteiger partial charge in [0.05, 0.1) is 0 Å². The molecular formula is C26H34. The molecule has 26 heavy (non-hydrogen) atoms. The van der Waals surface area contributed by atoms with Gasteiger partial charge in [0, 0.05) is 5.41 Å². The minimum absolute atomic E-state index is 0.244. The van der Waals surface area contributed by atoms with Crippen molar-refractivity contribution in [3.05, 3.63) is 40.0 Å². The van der Waals surface area contributed by atoms with Gasteiger partial charge in [0.1, 0.15) is 0 Å². The van der Waals surface area contributed by atoms with Crippen LogP contribution in [0.2, 0.25) is 0 Å². The van der Waals surface area contributed by atoms with Crippen molar-refractivity contribution in [3.8, 4) is 0 Å². The van der Waals surface area contributed by atoms with Crippen LogP contribution in [-0.2, 0) is 17.3 Å². The molecule has 0 aliphatic heterocycles. The highest BCUT2D eigenvalue weighted by Gasteiger charge is 2.70. The number of fused-ring (bicyclic) bond motifs is 1. The molecule has 0 aromatic heterocycles. The number of hydrogen-bond donors (Lipinski definition) is 0. The molecule has 138 valence electrons. The van der Waals surface area contributed by atoms with Crippen molar-refractivity contribution >= 4 is 6.08 Å². The molecule has 0 nitrogen and oxygen atoms in total. The van der Waals surface area contributed by atoms with Crippen LogP contribution in [0.3, 0.4) is 0 Å². The van der Waals surface area contributed by atoms with Gasteiger partial charge < -0.3 is 0 Å². The molecule has 0 amide bonds. The normalized spacial score (nSPS) is 42.3. The molecule has 0 heterocycles. The summed E-state index contributed by atoms with van der Waals surface area (Å²) >= 11 is 0. The molecule has 0 heteroatoms. The van der Waals surface area contributed by atoms with Gasteiger partial charge in [-0.05, 0) is 109 Å². The van der Waals surface area contributed by atoms with Crippen LogP contribution < -0.4 is 0 Å². The van der Waals surface area contributed by atoms with Crippen LogP contribution >= 0.6 is 0 Å². The van der Waals surface area contributed by atoms with Gasteiger partial charge in [-0.3, -0.25) is 0 Å². The Bertz CT molecular complexity index is 818. The van der Waals surface area contributed by atoms with Crippen molar-refractivity contribution in [2.75, 3.05) is 0 Å². The average molecular weight is 347 g/mol. The third kappa shape index (κ3) is 1.78. The van der Waals surface area contributed by atoms with Gasteiger partial charge in [0.25, 0.3) is 0 Å². The summed E-state index contributed by atoms with van der Waals surface area (Å²) in [5.74, 6) is 3.13. The molecule has 0 N–H and O–H groups in total. The summed E-state index contributed by atoms with van der Waals surface area (Å²) in [7, 11) is 0. The molecule has 7 rings (SSSR count). The Morgan fingerprint density at radius 2 is 1.69 bits per heavy atom. The van der Waals surface area contributed by atoms with Crippen LogP contribution in [-0.4, -0.2) is 0 Å². The summed E-state index contributed by atoms with van der Waals surface area (Å²) in [6.07, 6.45) is 14.5. The van der Waals surface area contributed by atoms with Crippen molar-refractivity contribution in [1.29, 1.82) is 0 Å². The topological polar surface area (TPSA) is 0 Å². The minimum atomic E-state index is 0.244. The lowest BCUT2D eigenvalue weighted by Crippen LogP contribution is -2.68. The molecule has 1 aromatic rings. The van der Waals surface area contributed by atoms with E-state index in [1.165, 1.54) is 19.3 Å². The fourth-order valence-electron chi connectivity index (χ4n) is 8.53. The molecule has 0 radical (unpaired) electrons. The highest BCUT2D eigenvalue weighted by atomic mass is 14.7. The van der Waals surface area contributed by atoms with Crippen LogP contribution in [0, 0.1) is 23.2 Å². The zero-order valence-corrected chi connectivity index (χ0v) is 17.1. The fraction of sp³-hybridized carbons (Fsp3) is 0.692. The van der Waals surface area contributed by atoms with E-state index >= 15 is 0 Å². The maximum Gasteiger partial charge on any atom is 0.00414 e. The second kappa shape index (κ2) is 4.68. The SMILES string of the molecule is CC1=Cc2cc(C(C)(C)C)cc(C34CCC35CC3CC(CC4C3)C5)c2C1. The third-order valence-corrected chi connectivity index (χ3v) is 9.39. The van der Waals surface area contributed by atoms with Crippen molar-refractivity contribution in [3.63, 3.8) is 0 Å². The Labute approximate surface area is 159 Å². The maximum absolute atomic E-state index is 2.70. The first kappa shape index (κ1) is 16.0. The molecule has 1 spiro atoms. The molecule has 3 atom stereocenters. The van der Waals surface area contributed by atoms with E-state index in [0.717, 1.165) is 17.8 Å². The zero-order valence-electron chi connectivity index (χ0n) is 17.1. The Kier molecular flexibility index (Phi) is 2.87. The predicted octanol–water partition coefficient (Wildman–Crippen LogP) is 6.80. The summed E-state index contributed by atoms with van der Waals surface area (Å²) in [5.41, 5.74) is 9.73. The Morgan fingerprint density at radius 3 is 2.27 bits per heavy atom. The lowest BCUT2D eigenvalue weighted by atomic mass is 9.29. The monoisotopic (exact) mass is 346 g/mol. The van der Waals surface area contributed by atoms with Crippen LogP contribution in [0.1, 0.15) is 94.9 Å². The summed E-state index contributed by atoms with van der Waals surface area (Å²) < 4.78 is 0. The van der Waals surface area contributed by atoms with Crippen molar-refractivity contribution in [2.45, 2.75) is 89.9 Å². The van der Waals surface area contributed by atoms with Crippen LogP contribution in [0.15, 0.2) is 17.7 Å². The largest absolute Gasteiger partial charge is 0.0683 e. The Hall–Kier alpha value is -1.04. The van der Waals surface area contributed by atoms with Gasteiger partial charge >= 0.3 is 0 Å². The third-order valence-electron chi connectivity index (χ3n) is 9.39. The Morgan fingerprint density at radius 1 is 0.962 bits per heavy atom. The molecule has 3 unspecified atom stereocenters. The van der Waals surface area contributed by atoms with E-state index in [9.17, 15) is 0 Å². The highest BCUT2D eigenvalue weighted by Crippen LogP contribution is 2.77. The Balaban J connectivity index is 1.58. The van der Waals surface area contributed by atoms with E-state index in [4.69, 9.17) is 0 Å². The standard InChI is InChI=1S/C26H34/c1-16-7-19-12-20(24(2,3)4)13-23(22(19)8-16)26-6-5-25(26)14-17-9-18(15-25)11-21(26)10-17/h7,12-13,17-18,21H,5-6,8-11,14-15H2,1-4H3. The van der Waals surface area contributed by atoms with Crippen LogP contribution in [0.25, 0.3) is 6.08 Å². The van der Waals surface area contributed by atoms with Crippen LogP contribution in [0.4, 0.5) is 0 Å². The first-order valence-electron chi connectivity index (χ1n) is 11.2. The molecule has 1 aromatic carbocycles. The van der Waals surface area contributed by atoms with E-state index in [1.54, 1.807) is 54.4 Å². The summed E-state index contributed by atoms with van der Waals surface area (Å²) in [6, 6.07) is 5.22. The smallest absolute Gasteiger partial charge is 0.00414 e. The minimum Gasteiger partial charge on any atom is -0.0683 e. The molecule has 5 saturated carbocycles. The molecule has 5 fully saturated rings. The number of hydrogen-bond acceptors (Lipinski definition) is 0. The molecule has 6 aliphatic rings.